The molecule has 0 spiro atoms. The van der Waals surface area contributed by atoms with E-state index in [1.807, 2.05) is 19.1 Å². The van der Waals surface area contributed by atoms with Crippen LogP contribution in [-0.4, -0.2) is 34.6 Å². The molecule has 0 aromatic heterocycles. The summed E-state index contributed by atoms with van der Waals surface area (Å²) in [5, 5.41) is 27.8. The molecule has 0 bridgehead atoms. The number of benzene rings is 1. The summed E-state index contributed by atoms with van der Waals surface area (Å²) in [6.45, 7) is 2.96. The summed E-state index contributed by atoms with van der Waals surface area (Å²) in [6.07, 6.45) is -0.975. The maximum atomic E-state index is 10.0. The molecule has 0 fully saturated rings. The van der Waals surface area contributed by atoms with Gasteiger partial charge in [0.15, 0.2) is 5.79 Å². The zero-order valence-corrected chi connectivity index (χ0v) is 9.55. The average molecular weight is 226 g/mol. The zero-order chi connectivity index (χ0) is 12.2. The monoisotopic (exact) mass is 226 g/mol. The second-order valence-corrected chi connectivity index (χ2v) is 4.00. The smallest absolute Gasteiger partial charge is 0.189 e. The highest BCUT2D eigenvalue weighted by Gasteiger charge is 2.24. The lowest BCUT2D eigenvalue weighted by Gasteiger charge is -2.25. The zero-order valence-electron chi connectivity index (χ0n) is 9.55. The van der Waals surface area contributed by atoms with Gasteiger partial charge in [0.2, 0.25) is 0 Å². The molecule has 0 heterocycles. The Hall–Kier alpha value is -0.940. The average Bonchev–Trinajstić information content (AvgIpc) is 2.26. The molecule has 0 aliphatic rings. The van der Waals surface area contributed by atoms with Gasteiger partial charge in [-0.3, -0.25) is 0 Å². The quantitative estimate of drug-likeness (QED) is 0.641. The van der Waals surface area contributed by atoms with Gasteiger partial charge in [-0.1, -0.05) is 29.8 Å². The van der Waals surface area contributed by atoms with Crippen LogP contribution in [0.4, 0.5) is 0 Å². The third kappa shape index (κ3) is 3.57. The van der Waals surface area contributed by atoms with E-state index in [1.165, 1.54) is 6.92 Å². The predicted octanol–water partition coefficient (Wildman–Crippen LogP) is 0.530. The largest absolute Gasteiger partial charge is 0.394 e. The number of ether oxygens (including phenoxy) is 1. The molecule has 0 aliphatic heterocycles. The van der Waals surface area contributed by atoms with Crippen LogP contribution in [0.15, 0.2) is 24.3 Å². The number of hydrogen-bond acceptors (Lipinski definition) is 4. The minimum atomic E-state index is -1.45. The maximum absolute atomic E-state index is 10.0. The van der Waals surface area contributed by atoms with Gasteiger partial charge in [0, 0.05) is 5.56 Å². The first kappa shape index (κ1) is 13.1. The van der Waals surface area contributed by atoms with Crippen LogP contribution in [0.3, 0.4) is 0 Å². The Morgan fingerprint density at radius 1 is 1.31 bits per heavy atom. The minimum Gasteiger partial charge on any atom is -0.394 e. The molecule has 3 N–H and O–H groups in total. The molecule has 2 atom stereocenters. The van der Waals surface area contributed by atoms with E-state index in [-0.39, 0.29) is 13.2 Å². The first-order valence-electron chi connectivity index (χ1n) is 5.18. The molecule has 1 aromatic carbocycles. The van der Waals surface area contributed by atoms with Gasteiger partial charge in [0.25, 0.3) is 0 Å². The number of aliphatic hydroxyl groups excluding tert-OH is 2. The van der Waals surface area contributed by atoms with Gasteiger partial charge >= 0.3 is 0 Å². The van der Waals surface area contributed by atoms with Crippen molar-refractivity contribution in [1.29, 1.82) is 0 Å². The van der Waals surface area contributed by atoms with Crippen LogP contribution in [0.5, 0.6) is 0 Å². The van der Waals surface area contributed by atoms with Crippen LogP contribution in [0, 0.1) is 6.92 Å². The van der Waals surface area contributed by atoms with Gasteiger partial charge in [-0.2, -0.15) is 0 Å². The maximum Gasteiger partial charge on any atom is 0.189 e. The highest BCUT2D eigenvalue weighted by Crippen LogP contribution is 2.22. The first-order valence-corrected chi connectivity index (χ1v) is 5.18. The lowest BCUT2D eigenvalue weighted by atomic mass is 10.1. The van der Waals surface area contributed by atoms with Crippen molar-refractivity contribution in [3.8, 4) is 0 Å². The molecule has 2 unspecified atom stereocenters. The molecule has 4 nitrogen and oxygen atoms in total. The van der Waals surface area contributed by atoms with E-state index in [2.05, 4.69) is 0 Å². The fourth-order valence-corrected chi connectivity index (χ4v) is 1.26. The SMILES string of the molecule is Cc1ccc(C(C)(O)OCC(O)CO)cc1. The van der Waals surface area contributed by atoms with E-state index in [4.69, 9.17) is 14.9 Å². The van der Waals surface area contributed by atoms with Gasteiger partial charge in [-0.25, -0.2) is 0 Å². The summed E-state index contributed by atoms with van der Waals surface area (Å²) in [5.41, 5.74) is 1.71. The minimum absolute atomic E-state index is 0.114. The summed E-state index contributed by atoms with van der Waals surface area (Å²) >= 11 is 0. The van der Waals surface area contributed by atoms with Crippen molar-refractivity contribution in [3.63, 3.8) is 0 Å². The Morgan fingerprint density at radius 2 is 1.88 bits per heavy atom. The Balaban J connectivity index is 2.66. The molecule has 90 valence electrons. The highest BCUT2D eigenvalue weighted by molar-refractivity contribution is 5.24. The molecule has 0 radical (unpaired) electrons. The normalized spacial score (nSPS) is 16.8. The van der Waals surface area contributed by atoms with Crippen molar-refractivity contribution in [2.45, 2.75) is 25.7 Å². The van der Waals surface area contributed by atoms with Crippen LogP contribution in [-0.2, 0) is 10.5 Å². The van der Waals surface area contributed by atoms with Gasteiger partial charge in [0.05, 0.1) is 13.2 Å². The van der Waals surface area contributed by atoms with Crippen molar-refractivity contribution < 1.29 is 20.1 Å². The van der Waals surface area contributed by atoms with E-state index in [1.54, 1.807) is 12.1 Å². The summed E-state index contributed by atoms with van der Waals surface area (Å²) < 4.78 is 5.15. The second-order valence-electron chi connectivity index (χ2n) is 4.00. The van der Waals surface area contributed by atoms with Crippen molar-refractivity contribution >= 4 is 0 Å². The molecular formula is C12H18O4. The van der Waals surface area contributed by atoms with E-state index in [0.29, 0.717) is 5.56 Å². The number of hydrogen-bond donors (Lipinski definition) is 3. The predicted molar refractivity (Wildman–Crippen MR) is 59.8 cm³/mol. The van der Waals surface area contributed by atoms with E-state index in [0.717, 1.165) is 5.56 Å². The lowest BCUT2D eigenvalue weighted by Crippen LogP contribution is -2.31. The van der Waals surface area contributed by atoms with Gasteiger partial charge < -0.3 is 20.1 Å². The molecule has 1 rings (SSSR count). The van der Waals surface area contributed by atoms with E-state index in [9.17, 15) is 5.11 Å². The second kappa shape index (κ2) is 5.41. The number of aliphatic hydroxyl groups is 3. The van der Waals surface area contributed by atoms with Gasteiger partial charge in [-0.15, -0.1) is 0 Å². The molecule has 0 saturated heterocycles. The lowest BCUT2D eigenvalue weighted by molar-refractivity contribution is -0.213. The third-order valence-electron chi connectivity index (χ3n) is 2.35. The third-order valence-corrected chi connectivity index (χ3v) is 2.35. The first-order chi connectivity index (χ1) is 7.45. The molecule has 16 heavy (non-hydrogen) atoms. The molecule has 0 aliphatic carbocycles. The van der Waals surface area contributed by atoms with E-state index < -0.39 is 11.9 Å². The summed E-state index contributed by atoms with van der Waals surface area (Å²) in [4.78, 5) is 0. The molecule has 0 amide bonds. The molecule has 0 saturated carbocycles. The van der Waals surface area contributed by atoms with Crippen LogP contribution < -0.4 is 0 Å². The standard InChI is InChI=1S/C12H18O4/c1-9-3-5-10(6-4-9)12(2,15)16-8-11(14)7-13/h3-6,11,13-15H,7-8H2,1-2H3. The van der Waals surface area contributed by atoms with Crippen LogP contribution >= 0.6 is 0 Å². The summed E-state index contributed by atoms with van der Waals surface area (Å²) in [6, 6.07) is 7.27. The number of aryl methyl sites for hydroxylation is 1. The summed E-state index contributed by atoms with van der Waals surface area (Å²) in [5.74, 6) is -1.45. The fourth-order valence-electron chi connectivity index (χ4n) is 1.26. The Kier molecular flexibility index (Phi) is 4.44. The molecule has 1 aromatic rings. The number of rotatable bonds is 5. The Bertz CT molecular complexity index is 318. The molecular weight excluding hydrogens is 208 g/mol. The van der Waals surface area contributed by atoms with Crippen LogP contribution in [0.1, 0.15) is 18.1 Å². The van der Waals surface area contributed by atoms with Crippen molar-refractivity contribution in [2.24, 2.45) is 0 Å². The Labute approximate surface area is 95.1 Å². The van der Waals surface area contributed by atoms with Gasteiger partial charge in [-0.05, 0) is 13.8 Å². The summed E-state index contributed by atoms with van der Waals surface area (Å²) in [7, 11) is 0. The topological polar surface area (TPSA) is 69.9 Å². The van der Waals surface area contributed by atoms with Crippen LogP contribution in [0.25, 0.3) is 0 Å². The fraction of sp³-hybridized carbons (Fsp3) is 0.500. The van der Waals surface area contributed by atoms with Crippen molar-refractivity contribution in [2.75, 3.05) is 13.2 Å². The van der Waals surface area contributed by atoms with E-state index >= 15 is 0 Å². The highest BCUT2D eigenvalue weighted by atomic mass is 16.6. The molecule has 4 heteroatoms. The Morgan fingerprint density at radius 3 is 2.38 bits per heavy atom. The van der Waals surface area contributed by atoms with Crippen LogP contribution in [0.2, 0.25) is 0 Å². The van der Waals surface area contributed by atoms with Gasteiger partial charge in [0.1, 0.15) is 6.10 Å². The van der Waals surface area contributed by atoms with Crippen molar-refractivity contribution in [1.82, 2.24) is 0 Å². The van der Waals surface area contributed by atoms with Crippen molar-refractivity contribution in [3.05, 3.63) is 35.4 Å².